The van der Waals surface area contributed by atoms with Crippen molar-refractivity contribution in [2.45, 2.75) is 18.6 Å². The van der Waals surface area contributed by atoms with Crippen LogP contribution in [0.2, 0.25) is 0 Å². The van der Waals surface area contributed by atoms with Gasteiger partial charge < -0.3 is 15.6 Å². The zero-order chi connectivity index (χ0) is 15.0. The molecule has 108 valence electrons. The number of benzene rings is 1. The molecule has 3 N–H and O–H groups in total. The fraction of sp³-hybridized carbons (Fsp3) is 0.333. The molecule has 0 radical (unpaired) electrons. The van der Waals surface area contributed by atoms with Gasteiger partial charge in [0.2, 0.25) is 0 Å². The van der Waals surface area contributed by atoms with Crippen molar-refractivity contribution in [1.82, 2.24) is 0 Å². The van der Waals surface area contributed by atoms with Crippen LogP contribution in [0.1, 0.15) is 11.6 Å². The maximum Gasteiger partial charge on any atom is 0.573 e. The summed E-state index contributed by atoms with van der Waals surface area (Å²) in [5.74, 6) is -1.83. The van der Waals surface area contributed by atoms with E-state index < -0.39 is 35.6 Å². The second-order valence-electron chi connectivity index (χ2n) is 3.41. The van der Waals surface area contributed by atoms with E-state index in [2.05, 4.69) is 20.7 Å². The number of ether oxygens (including phenoxy) is 1. The summed E-state index contributed by atoms with van der Waals surface area (Å²) in [6, 6.07) is -1.61. The van der Waals surface area contributed by atoms with Crippen LogP contribution in [0, 0.1) is 0 Å². The number of phenols is 1. The Hall–Kier alpha value is -1.16. The SMILES string of the molecule is N[C@H](c1cc(OC(F)(F)F)c(Br)cc1O)C(F)(F)F. The standard InChI is InChI=1S/C9H6BrF6NO2/c10-4-2-5(18)3(7(17)8(11,12)13)1-6(4)19-9(14,15)16/h1-2,7,18H,17H2/t7-/m1/s1. The minimum atomic E-state index is -5.08. The number of aromatic hydroxyl groups is 1. The van der Waals surface area contributed by atoms with Gasteiger partial charge in [0.05, 0.1) is 4.47 Å². The second-order valence-corrected chi connectivity index (χ2v) is 4.26. The van der Waals surface area contributed by atoms with Gasteiger partial charge in [0.15, 0.2) is 0 Å². The number of nitrogens with two attached hydrogens (primary N) is 1. The van der Waals surface area contributed by atoms with Gasteiger partial charge in [0, 0.05) is 5.56 Å². The highest BCUT2D eigenvalue weighted by Gasteiger charge is 2.40. The molecule has 1 atom stereocenters. The molecule has 0 fully saturated rings. The molecule has 0 bridgehead atoms. The summed E-state index contributed by atoms with van der Waals surface area (Å²) < 4.78 is 76.4. The van der Waals surface area contributed by atoms with Gasteiger partial charge in [-0.2, -0.15) is 13.2 Å². The molecule has 0 saturated heterocycles. The largest absolute Gasteiger partial charge is 0.573 e. The Labute approximate surface area is 111 Å². The fourth-order valence-corrected chi connectivity index (χ4v) is 1.60. The molecule has 0 unspecified atom stereocenters. The molecular weight excluding hydrogens is 348 g/mol. The zero-order valence-corrected chi connectivity index (χ0v) is 10.4. The van der Waals surface area contributed by atoms with Gasteiger partial charge in [-0.15, -0.1) is 13.2 Å². The van der Waals surface area contributed by atoms with Crippen LogP contribution in [0.4, 0.5) is 26.3 Å². The molecule has 10 heteroatoms. The average molecular weight is 354 g/mol. The third-order valence-electron chi connectivity index (χ3n) is 1.99. The van der Waals surface area contributed by atoms with Gasteiger partial charge in [0.1, 0.15) is 17.5 Å². The topological polar surface area (TPSA) is 55.5 Å². The Morgan fingerprint density at radius 1 is 1.16 bits per heavy atom. The van der Waals surface area contributed by atoms with E-state index in [-0.39, 0.29) is 4.47 Å². The van der Waals surface area contributed by atoms with Crippen molar-refractivity contribution in [1.29, 1.82) is 0 Å². The lowest BCUT2D eigenvalue weighted by Gasteiger charge is -2.19. The summed E-state index contributed by atoms with van der Waals surface area (Å²) in [6.07, 6.45) is -10.0. The monoisotopic (exact) mass is 353 g/mol. The van der Waals surface area contributed by atoms with E-state index in [0.29, 0.717) is 12.1 Å². The highest BCUT2D eigenvalue weighted by Crippen LogP contribution is 2.41. The molecule has 19 heavy (non-hydrogen) atoms. The summed E-state index contributed by atoms with van der Waals surface area (Å²) in [6.45, 7) is 0. The number of halogens is 7. The molecule has 1 rings (SSSR count). The number of hydrogen-bond acceptors (Lipinski definition) is 3. The lowest BCUT2D eigenvalue weighted by atomic mass is 10.1. The van der Waals surface area contributed by atoms with Crippen molar-refractivity contribution in [3.05, 3.63) is 22.2 Å². The van der Waals surface area contributed by atoms with Crippen molar-refractivity contribution in [2.75, 3.05) is 0 Å². The van der Waals surface area contributed by atoms with Crippen LogP contribution in [0.3, 0.4) is 0 Å². The first-order valence-electron chi connectivity index (χ1n) is 4.52. The minimum absolute atomic E-state index is 0.361. The molecule has 1 aromatic rings. The molecule has 1 aromatic carbocycles. The van der Waals surface area contributed by atoms with Crippen molar-refractivity contribution in [2.24, 2.45) is 5.73 Å². The van der Waals surface area contributed by atoms with Crippen LogP contribution < -0.4 is 10.5 Å². The van der Waals surface area contributed by atoms with Gasteiger partial charge in [0.25, 0.3) is 0 Å². The Bertz CT molecular complexity index is 473. The number of phenolic OH excluding ortho intramolecular Hbond substituents is 1. The van der Waals surface area contributed by atoms with Crippen molar-refractivity contribution >= 4 is 15.9 Å². The molecule has 0 spiro atoms. The number of hydrogen-bond donors (Lipinski definition) is 2. The highest BCUT2D eigenvalue weighted by atomic mass is 79.9. The summed E-state index contributed by atoms with van der Waals surface area (Å²) in [5, 5.41) is 9.30. The Kier molecular flexibility index (Phi) is 4.25. The van der Waals surface area contributed by atoms with Crippen LogP contribution in [0.15, 0.2) is 16.6 Å². The van der Waals surface area contributed by atoms with E-state index >= 15 is 0 Å². The normalized spacial score (nSPS) is 14.3. The van der Waals surface area contributed by atoms with Crippen molar-refractivity contribution < 1.29 is 36.2 Å². The van der Waals surface area contributed by atoms with E-state index in [9.17, 15) is 31.4 Å². The Morgan fingerprint density at radius 3 is 2.11 bits per heavy atom. The average Bonchev–Trinajstić information content (AvgIpc) is 2.18. The van der Waals surface area contributed by atoms with Crippen molar-refractivity contribution in [3.63, 3.8) is 0 Å². The first-order chi connectivity index (χ1) is 8.42. The predicted octanol–water partition coefficient (Wildman–Crippen LogP) is 3.62. The first kappa shape index (κ1) is 15.9. The Balaban J connectivity index is 3.24. The third-order valence-corrected chi connectivity index (χ3v) is 2.61. The van der Waals surface area contributed by atoms with E-state index in [1.165, 1.54) is 0 Å². The molecule has 0 aliphatic carbocycles. The zero-order valence-electron chi connectivity index (χ0n) is 8.81. The quantitative estimate of drug-likeness (QED) is 0.798. The van der Waals surface area contributed by atoms with Crippen molar-refractivity contribution in [3.8, 4) is 11.5 Å². The number of rotatable bonds is 2. The molecule has 0 aliphatic rings. The van der Waals surface area contributed by atoms with Gasteiger partial charge in [-0.05, 0) is 28.1 Å². The maximum absolute atomic E-state index is 12.4. The summed E-state index contributed by atoms with van der Waals surface area (Å²) in [5.41, 5.74) is 3.90. The van der Waals surface area contributed by atoms with Gasteiger partial charge in [-0.1, -0.05) is 0 Å². The van der Waals surface area contributed by atoms with E-state index in [4.69, 9.17) is 5.73 Å². The summed E-state index contributed by atoms with van der Waals surface area (Å²) >= 11 is 2.63. The molecule has 3 nitrogen and oxygen atoms in total. The molecular formula is C9H6BrF6NO2. The van der Waals surface area contributed by atoms with Crippen LogP contribution in [-0.2, 0) is 0 Å². The maximum atomic E-state index is 12.4. The second kappa shape index (κ2) is 5.08. The minimum Gasteiger partial charge on any atom is -0.508 e. The Morgan fingerprint density at radius 2 is 1.68 bits per heavy atom. The lowest BCUT2D eigenvalue weighted by molar-refractivity contribution is -0.274. The van der Waals surface area contributed by atoms with Crippen LogP contribution >= 0.6 is 15.9 Å². The molecule has 0 aliphatic heterocycles. The molecule has 0 heterocycles. The first-order valence-corrected chi connectivity index (χ1v) is 5.31. The van der Waals surface area contributed by atoms with E-state index in [1.54, 1.807) is 0 Å². The highest BCUT2D eigenvalue weighted by molar-refractivity contribution is 9.10. The third kappa shape index (κ3) is 4.16. The van der Waals surface area contributed by atoms with Crippen LogP contribution in [-0.4, -0.2) is 17.6 Å². The van der Waals surface area contributed by atoms with E-state index in [0.717, 1.165) is 0 Å². The van der Waals surface area contributed by atoms with E-state index in [1.807, 2.05) is 0 Å². The molecule has 0 aromatic heterocycles. The number of alkyl halides is 6. The van der Waals surface area contributed by atoms with Gasteiger partial charge >= 0.3 is 12.5 Å². The van der Waals surface area contributed by atoms with Crippen LogP contribution in [0.25, 0.3) is 0 Å². The summed E-state index contributed by atoms with van der Waals surface area (Å²) in [7, 11) is 0. The fourth-order valence-electron chi connectivity index (χ4n) is 1.19. The summed E-state index contributed by atoms with van der Waals surface area (Å²) in [4.78, 5) is 0. The van der Waals surface area contributed by atoms with Gasteiger partial charge in [-0.25, -0.2) is 0 Å². The predicted molar refractivity (Wildman–Crippen MR) is 55.5 cm³/mol. The molecule has 0 saturated carbocycles. The smallest absolute Gasteiger partial charge is 0.508 e. The lowest BCUT2D eigenvalue weighted by Crippen LogP contribution is -2.28. The van der Waals surface area contributed by atoms with Crippen LogP contribution in [0.5, 0.6) is 11.5 Å². The van der Waals surface area contributed by atoms with Gasteiger partial charge in [-0.3, -0.25) is 0 Å². The molecule has 0 amide bonds.